The number of primary amides is 1. The van der Waals surface area contributed by atoms with Gasteiger partial charge in [-0.25, -0.2) is 4.79 Å². The van der Waals surface area contributed by atoms with Crippen LogP contribution in [0.4, 0.5) is 5.00 Å². The molecular formula is C18H18N2O4S2. The highest BCUT2D eigenvalue weighted by molar-refractivity contribution is 7.98. The standard InChI is InChI=1S/C18H18N2O4S2/c1-25-11-7-5-10(6-8-11)18(23)24-9-14(21)20-17-15(16(19)22)12-3-2-4-13(12)26-17/h5-8H,2-4,9H2,1H3,(H2,19,22)(H,20,21). The summed E-state index contributed by atoms with van der Waals surface area (Å²) in [5.74, 6) is -1.62. The second-order valence-corrected chi connectivity index (χ2v) is 7.76. The van der Waals surface area contributed by atoms with Crippen LogP contribution in [-0.4, -0.2) is 30.6 Å². The summed E-state index contributed by atoms with van der Waals surface area (Å²) in [6, 6.07) is 6.93. The maximum atomic E-state index is 12.1. The average molecular weight is 390 g/mol. The molecular weight excluding hydrogens is 372 g/mol. The molecule has 0 atom stereocenters. The van der Waals surface area contributed by atoms with Crippen LogP contribution in [0.25, 0.3) is 0 Å². The molecule has 0 radical (unpaired) electrons. The third-order valence-electron chi connectivity index (χ3n) is 4.08. The Kier molecular flexibility index (Phi) is 5.63. The van der Waals surface area contributed by atoms with Gasteiger partial charge in [0.15, 0.2) is 6.61 Å². The Hall–Kier alpha value is -2.32. The van der Waals surface area contributed by atoms with Crippen LogP contribution < -0.4 is 11.1 Å². The topological polar surface area (TPSA) is 98.5 Å². The summed E-state index contributed by atoms with van der Waals surface area (Å²) in [6.07, 6.45) is 4.61. The molecule has 0 aliphatic heterocycles. The second kappa shape index (κ2) is 7.92. The van der Waals surface area contributed by atoms with Crippen molar-refractivity contribution < 1.29 is 19.1 Å². The van der Waals surface area contributed by atoms with Gasteiger partial charge in [0, 0.05) is 9.77 Å². The molecule has 136 valence electrons. The lowest BCUT2D eigenvalue weighted by molar-refractivity contribution is -0.119. The average Bonchev–Trinajstić information content (AvgIpc) is 3.20. The van der Waals surface area contributed by atoms with Crippen molar-refractivity contribution in [3.8, 4) is 0 Å². The molecule has 1 aromatic carbocycles. The molecule has 2 aromatic rings. The van der Waals surface area contributed by atoms with E-state index < -0.39 is 24.4 Å². The van der Waals surface area contributed by atoms with E-state index >= 15 is 0 Å². The minimum absolute atomic E-state index is 0.378. The summed E-state index contributed by atoms with van der Waals surface area (Å²) in [7, 11) is 0. The predicted octanol–water partition coefficient (Wildman–Crippen LogP) is 2.85. The SMILES string of the molecule is CSc1ccc(C(=O)OCC(=O)Nc2sc3c(c2C(N)=O)CCC3)cc1. The Balaban J connectivity index is 1.61. The molecule has 6 nitrogen and oxygen atoms in total. The molecule has 3 rings (SSSR count). The van der Waals surface area contributed by atoms with Crippen molar-refractivity contribution >= 4 is 45.9 Å². The monoisotopic (exact) mass is 390 g/mol. The molecule has 0 fully saturated rings. The lowest BCUT2D eigenvalue weighted by Gasteiger charge is -2.07. The Morgan fingerprint density at radius 2 is 1.96 bits per heavy atom. The zero-order valence-electron chi connectivity index (χ0n) is 14.2. The van der Waals surface area contributed by atoms with E-state index in [1.165, 1.54) is 11.3 Å². The van der Waals surface area contributed by atoms with Gasteiger partial charge in [0.2, 0.25) is 0 Å². The van der Waals surface area contributed by atoms with Crippen molar-refractivity contribution in [2.75, 3.05) is 18.2 Å². The molecule has 3 N–H and O–H groups in total. The van der Waals surface area contributed by atoms with E-state index in [2.05, 4.69) is 5.32 Å². The molecule has 0 unspecified atom stereocenters. The highest BCUT2D eigenvalue weighted by Gasteiger charge is 2.26. The number of fused-ring (bicyclic) bond motifs is 1. The molecule has 1 aromatic heterocycles. The minimum atomic E-state index is -0.573. The van der Waals surface area contributed by atoms with E-state index in [0.717, 1.165) is 34.6 Å². The molecule has 1 heterocycles. The maximum Gasteiger partial charge on any atom is 0.338 e. The summed E-state index contributed by atoms with van der Waals surface area (Å²) < 4.78 is 5.04. The van der Waals surface area contributed by atoms with Gasteiger partial charge in [-0.3, -0.25) is 9.59 Å². The van der Waals surface area contributed by atoms with E-state index in [4.69, 9.17) is 10.5 Å². The highest BCUT2D eigenvalue weighted by Crippen LogP contribution is 2.38. The number of nitrogens with two attached hydrogens (primary N) is 1. The third kappa shape index (κ3) is 3.91. The number of thioether (sulfide) groups is 1. The van der Waals surface area contributed by atoms with Gasteiger partial charge in [0.05, 0.1) is 11.1 Å². The fourth-order valence-electron chi connectivity index (χ4n) is 2.86. The van der Waals surface area contributed by atoms with Gasteiger partial charge in [0.1, 0.15) is 5.00 Å². The van der Waals surface area contributed by atoms with Crippen LogP contribution in [0.2, 0.25) is 0 Å². The zero-order valence-corrected chi connectivity index (χ0v) is 15.8. The van der Waals surface area contributed by atoms with Crippen LogP contribution in [0.1, 0.15) is 37.6 Å². The number of carbonyl (C=O) groups is 3. The number of hydrogen-bond donors (Lipinski definition) is 2. The van der Waals surface area contributed by atoms with Crippen LogP contribution in [0, 0.1) is 0 Å². The normalized spacial score (nSPS) is 12.5. The van der Waals surface area contributed by atoms with Crippen LogP contribution in [-0.2, 0) is 22.4 Å². The van der Waals surface area contributed by atoms with E-state index in [1.54, 1.807) is 23.9 Å². The molecule has 8 heteroatoms. The number of esters is 1. The molecule has 0 saturated heterocycles. The molecule has 2 amide bonds. The largest absolute Gasteiger partial charge is 0.452 e. The third-order valence-corrected chi connectivity index (χ3v) is 6.03. The van der Waals surface area contributed by atoms with Gasteiger partial charge in [-0.05, 0) is 55.3 Å². The fraction of sp³-hybridized carbons (Fsp3) is 0.278. The van der Waals surface area contributed by atoms with Gasteiger partial charge in [-0.15, -0.1) is 23.1 Å². The molecule has 1 aliphatic rings. The summed E-state index contributed by atoms with van der Waals surface area (Å²) >= 11 is 2.93. The number of nitrogens with one attached hydrogen (secondary N) is 1. The van der Waals surface area contributed by atoms with Gasteiger partial charge in [0.25, 0.3) is 11.8 Å². The van der Waals surface area contributed by atoms with Gasteiger partial charge in [-0.1, -0.05) is 0 Å². The van der Waals surface area contributed by atoms with Gasteiger partial charge < -0.3 is 15.8 Å². The summed E-state index contributed by atoms with van der Waals surface area (Å²) in [5.41, 5.74) is 7.16. The first-order valence-electron chi connectivity index (χ1n) is 8.05. The molecule has 0 bridgehead atoms. The number of aryl methyl sites for hydroxylation is 1. The van der Waals surface area contributed by atoms with Crippen molar-refractivity contribution in [2.24, 2.45) is 5.73 Å². The second-order valence-electron chi connectivity index (χ2n) is 5.78. The molecule has 0 spiro atoms. The number of benzene rings is 1. The van der Waals surface area contributed by atoms with Gasteiger partial charge >= 0.3 is 5.97 Å². The summed E-state index contributed by atoms with van der Waals surface area (Å²) in [5, 5.41) is 3.08. The van der Waals surface area contributed by atoms with Gasteiger partial charge in [-0.2, -0.15) is 0 Å². The van der Waals surface area contributed by atoms with E-state index in [-0.39, 0.29) is 0 Å². The number of amides is 2. The van der Waals surface area contributed by atoms with Crippen molar-refractivity contribution in [3.63, 3.8) is 0 Å². The first-order chi connectivity index (χ1) is 12.5. The lowest BCUT2D eigenvalue weighted by atomic mass is 10.1. The lowest BCUT2D eigenvalue weighted by Crippen LogP contribution is -2.22. The molecule has 0 saturated carbocycles. The number of anilines is 1. The van der Waals surface area contributed by atoms with Crippen LogP contribution in [0.3, 0.4) is 0 Å². The summed E-state index contributed by atoms with van der Waals surface area (Å²) in [6.45, 7) is -0.427. The number of rotatable bonds is 6. The number of carbonyl (C=O) groups excluding carboxylic acids is 3. The van der Waals surface area contributed by atoms with Crippen molar-refractivity contribution in [1.29, 1.82) is 0 Å². The number of thiophene rings is 1. The fourth-order valence-corrected chi connectivity index (χ4v) is 4.58. The highest BCUT2D eigenvalue weighted by atomic mass is 32.2. The number of hydrogen-bond acceptors (Lipinski definition) is 6. The van der Waals surface area contributed by atoms with Crippen molar-refractivity contribution in [2.45, 2.75) is 24.2 Å². The number of ether oxygens (including phenoxy) is 1. The first-order valence-corrected chi connectivity index (χ1v) is 10.1. The Labute approximate surface area is 159 Å². The van der Waals surface area contributed by atoms with E-state index in [9.17, 15) is 14.4 Å². The Morgan fingerprint density at radius 1 is 1.23 bits per heavy atom. The summed E-state index contributed by atoms with van der Waals surface area (Å²) in [4.78, 5) is 38.0. The van der Waals surface area contributed by atoms with Crippen LogP contribution >= 0.6 is 23.1 Å². The zero-order chi connectivity index (χ0) is 18.7. The Morgan fingerprint density at radius 3 is 2.62 bits per heavy atom. The predicted molar refractivity (Wildman–Crippen MR) is 102 cm³/mol. The van der Waals surface area contributed by atoms with Crippen molar-refractivity contribution in [3.05, 3.63) is 45.8 Å². The van der Waals surface area contributed by atoms with Crippen molar-refractivity contribution in [1.82, 2.24) is 0 Å². The van der Waals surface area contributed by atoms with Crippen LogP contribution in [0.5, 0.6) is 0 Å². The quantitative estimate of drug-likeness (QED) is 0.584. The molecule has 1 aliphatic carbocycles. The Bertz CT molecular complexity index is 859. The van der Waals surface area contributed by atoms with E-state index in [1.807, 2.05) is 18.4 Å². The maximum absolute atomic E-state index is 12.1. The minimum Gasteiger partial charge on any atom is -0.452 e. The van der Waals surface area contributed by atoms with Crippen LogP contribution in [0.15, 0.2) is 29.2 Å². The van der Waals surface area contributed by atoms with E-state index in [0.29, 0.717) is 16.1 Å². The molecule has 26 heavy (non-hydrogen) atoms. The first kappa shape index (κ1) is 18.5. The smallest absolute Gasteiger partial charge is 0.338 e.